The van der Waals surface area contributed by atoms with E-state index in [2.05, 4.69) is 5.32 Å². The van der Waals surface area contributed by atoms with Crippen molar-refractivity contribution in [1.82, 2.24) is 15.3 Å². The first kappa shape index (κ1) is 24.8. The summed E-state index contributed by atoms with van der Waals surface area (Å²) in [4.78, 5) is 34.0. The third-order valence-corrected chi connectivity index (χ3v) is 7.15. The van der Waals surface area contributed by atoms with Crippen molar-refractivity contribution < 1.29 is 19.1 Å². The molecule has 6 nitrogen and oxygen atoms in total. The Morgan fingerprint density at radius 3 is 2.41 bits per heavy atom. The van der Waals surface area contributed by atoms with Crippen LogP contribution in [0.5, 0.6) is 0 Å². The molecule has 0 unspecified atom stereocenters. The van der Waals surface area contributed by atoms with E-state index in [1.807, 2.05) is 19.1 Å². The van der Waals surface area contributed by atoms with Crippen LogP contribution in [0.25, 0.3) is 22.3 Å². The first-order valence-electron chi connectivity index (χ1n) is 12.1. The third-order valence-electron chi connectivity index (χ3n) is 6.90. The number of amides is 1. The summed E-state index contributed by atoms with van der Waals surface area (Å²) >= 11 is 6.08. The van der Waals surface area contributed by atoms with Crippen molar-refractivity contribution in [3.63, 3.8) is 0 Å². The van der Waals surface area contributed by atoms with Gasteiger partial charge in [-0.1, -0.05) is 35.9 Å². The van der Waals surface area contributed by atoms with Gasteiger partial charge in [0.1, 0.15) is 5.82 Å². The molecular weight excluding hydrogens is 493 g/mol. The monoisotopic (exact) mass is 517 g/mol. The van der Waals surface area contributed by atoms with Gasteiger partial charge >= 0.3 is 5.97 Å². The second kappa shape index (κ2) is 10.3. The lowest BCUT2D eigenvalue weighted by Crippen LogP contribution is -2.31. The predicted molar refractivity (Wildman–Crippen MR) is 140 cm³/mol. The van der Waals surface area contributed by atoms with Crippen LogP contribution < -0.4 is 5.32 Å². The summed E-state index contributed by atoms with van der Waals surface area (Å²) in [5, 5.41) is 12.8. The van der Waals surface area contributed by atoms with Gasteiger partial charge in [-0.15, -0.1) is 0 Å². The minimum atomic E-state index is -0.760. The van der Waals surface area contributed by atoms with Gasteiger partial charge in [-0.2, -0.15) is 0 Å². The smallest absolute Gasteiger partial charge is 0.306 e. The third kappa shape index (κ3) is 5.47. The number of nitrogens with one attached hydrogen (secondary N) is 1. The molecule has 37 heavy (non-hydrogen) atoms. The van der Waals surface area contributed by atoms with Crippen molar-refractivity contribution in [3.05, 3.63) is 94.4 Å². The van der Waals surface area contributed by atoms with Gasteiger partial charge in [-0.05, 0) is 80.1 Å². The van der Waals surface area contributed by atoms with Gasteiger partial charge in [0.15, 0.2) is 0 Å². The summed E-state index contributed by atoms with van der Waals surface area (Å²) in [6.07, 6.45) is 1.82. The van der Waals surface area contributed by atoms with Crippen LogP contribution in [-0.2, 0) is 11.2 Å². The van der Waals surface area contributed by atoms with Crippen molar-refractivity contribution in [2.45, 2.75) is 32.2 Å². The van der Waals surface area contributed by atoms with Crippen LogP contribution in [0.2, 0.25) is 5.02 Å². The number of fused-ring (bicyclic) bond motifs is 1. The number of carbonyl (C=O) groups excluding carboxylic acids is 1. The molecule has 1 amide bonds. The van der Waals surface area contributed by atoms with Crippen molar-refractivity contribution in [2.75, 3.05) is 0 Å². The quantitative estimate of drug-likeness (QED) is 0.303. The maximum absolute atomic E-state index is 13.2. The number of rotatable bonds is 7. The van der Waals surface area contributed by atoms with Crippen molar-refractivity contribution in [3.8, 4) is 11.3 Å². The van der Waals surface area contributed by atoms with Crippen LogP contribution in [0, 0.1) is 17.7 Å². The lowest BCUT2D eigenvalue weighted by atomic mass is 9.72. The minimum Gasteiger partial charge on any atom is -0.481 e. The van der Waals surface area contributed by atoms with Gasteiger partial charge in [0.05, 0.1) is 34.4 Å². The average Bonchev–Trinajstić information content (AvgIpc) is 2.85. The maximum atomic E-state index is 13.2. The van der Waals surface area contributed by atoms with Gasteiger partial charge in [-0.25, -0.2) is 14.4 Å². The van der Waals surface area contributed by atoms with Crippen molar-refractivity contribution in [2.24, 2.45) is 11.8 Å². The topological polar surface area (TPSA) is 92.2 Å². The number of carboxylic acid groups (broad SMARTS) is 1. The summed E-state index contributed by atoms with van der Waals surface area (Å²) in [6.45, 7) is 1.84. The zero-order valence-corrected chi connectivity index (χ0v) is 20.9. The second-order valence-corrected chi connectivity index (χ2v) is 9.99. The first-order valence-corrected chi connectivity index (χ1v) is 12.5. The Morgan fingerprint density at radius 2 is 1.73 bits per heavy atom. The van der Waals surface area contributed by atoms with E-state index in [1.54, 1.807) is 42.5 Å². The zero-order valence-electron chi connectivity index (χ0n) is 20.1. The number of benzene rings is 3. The van der Waals surface area contributed by atoms with Gasteiger partial charge in [0.25, 0.3) is 5.91 Å². The summed E-state index contributed by atoms with van der Waals surface area (Å²) < 4.78 is 13.2. The number of carboxylic acids is 1. The highest BCUT2D eigenvalue weighted by Gasteiger charge is 2.35. The van der Waals surface area contributed by atoms with E-state index in [4.69, 9.17) is 21.6 Å². The van der Waals surface area contributed by atoms with Crippen molar-refractivity contribution >= 4 is 34.5 Å². The van der Waals surface area contributed by atoms with E-state index < -0.39 is 5.97 Å². The SMILES string of the molecule is C[C@@H](NC(=O)c1ccc2nc(-c3ccc(Cl)cc3)c(CC3CC(C(=O)O)C3)nc2c1)c1ccc(F)cc1. The van der Waals surface area contributed by atoms with E-state index >= 15 is 0 Å². The Hall–Kier alpha value is -3.84. The molecule has 8 heteroatoms. The molecule has 0 bridgehead atoms. The fourth-order valence-corrected chi connectivity index (χ4v) is 4.83. The molecule has 2 N–H and O–H groups in total. The molecule has 1 aliphatic rings. The summed E-state index contributed by atoms with van der Waals surface area (Å²) in [5.41, 5.74) is 4.84. The molecule has 1 saturated carbocycles. The van der Waals surface area contributed by atoms with Gasteiger partial charge in [0.2, 0.25) is 0 Å². The highest BCUT2D eigenvalue weighted by atomic mass is 35.5. The summed E-state index contributed by atoms with van der Waals surface area (Å²) in [5.74, 6) is -1.46. The molecule has 5 rings (SSSR count). The molecule has 0 saturated heterocycles. The molecule has 4 aromatic rings. The molecule has 188 valence electrons. The van der Waals surface area contributed by atoms with Crippen molar-refractivity contribution in [1.29, 1.82) is 0 Å². The first-order chi connectivity index (χ1) is 17.8. The number of hydrogen-bond acceptors (Lipinski definition) is 4. The number of aliphatic carboxylic acids is 1. The Balaban J connectivity index is 1.44. The second-order valence-electron chi connectivity index (χ2n) is 9.55. The fraction of sp³-hybridized carbons (Fsp3) is 0.241. The van der Waals surface area contributed by atoms with Gasteiger partial charge in [-0.3, -0.25) is 9.59 Å². The van der Waals surface area contributed by atoms with Crippen LogP contribution in [0.1, 0.15) is 47.4 Å². The van der Waals surface area contributed by atoms with Crippen LogP contribution >= 0.6 is 11.6 Å². The number of aromatic nitrogens is 2. The normalized spacial score (nSPS) is 17.7. The Labute approximate surface area is 218 Å². The van der Waals surface area contributed by atoms with E-state index in [0.29, 0.717) is 40.9 Å². The molecule has 0 spiro atoms. The zero-order chi connectivity index (χ0) is 26.1. The summed E-state index contributed by atoms with van der Waals surface area (Å²) in [6, 6.07) is 18.3. The van der Waals surface area contributed by atoms with Crippen LogP contribution in [0.15, 0.2) is 66.7 Å². The van der Waals surface area contributed by atoms with E-state index in [0.717, 1.165) is 22.5 Å². The Bertz CT molecular complexity index is 1470. The summed E-state index contributed by atoms with van der Waals surface area (Å²) in [7, 11) is 0. The number of halogens is 2. The maximum Gasteiger partial charge on any atom is 0.306 e. The van der Waals surface area contributed by atoms with Crippen LogP contribution in [0.4, 0.5) is 4.39 Å². The highest BCUT2D eigenvalue weighted by Crippen LogP contribution is 2.38. The Kier molecular flexibility index (Phi) is 6.89. The van der Waals surface area contributed by atoms with Crippen LogP contribution in [0.3, 0.4) is 0 Å². The molecule has 1 aliphatic carbocycles. The molecular formula is C29H25ClFN3O3. The molecule has 3 aromatic carbocycles. The van der Waals surface area contributed by atoms with Crippen LogP contribution in [-0.4, -0.2) is 27.0 Å². The van der Waals surface area contributed by atoms with E-state index in [1.165, 1.54) is 12.1 Å². The highest BCUT2D eigenvalue weighted by molar-refractivity contribution is 6.30. The van der Waals surface area contributed by atoms with Gasteiger partial charge in [0, 0.05) is 16.1 Å². The lowest BCUT2D eigenvalue weighted by Gasteiger charge is -2.32. The largest absolute Gasteiger partial charge is 0.481 e. The molecule has 0 radical (unpaired) electrons. The van der Waals surface area contributed by atoms with Gasteiger partial charge < -0.3 is 10.4 Å². The lowest BCUT2D eigenvalue weighted by molar-refractivity contribution is -0.146. The molecule has 1 atom stereocenters. The Morgan fingerprint density at radius 1 is 1.03 bits per heavy atom. The predicted octanol–water partition coefficient (Wildman–Crippen LogP) is 6.23. The fourth-order valence-electron chi connectivity index (χ4n) is 4.71. The molecule has 0 aliphatic heterocycles. The average molecular weight is 518 g/mol. The standard InChI is InChI=1S/C29H25ClFN3O3/c1-16(18-4-9-23(31)10-5-18)32-28(35)20-6-11-24-25(15-20)33-26(14-17-12-21(13-17)29(36)37)27(34-24)19-2-7-22(30)8-3-19/h2-11,15-17,21H,12-14H2,1H3,(H,32,35)(H,36,37)/t16-,17?,21?/m1/s1. The number of carbonyl (C=O) groups is 2. The molecule has 1 aromatic heterocycles. The van der Waals surface area contributed by atoms with E-state index in [9.17, 15) is 19.1 Å². The molecule has 1 heterocycles. The number of nitrogens with zero attached hydrogens (tertiary/aromatic N) is 2. The number of hydrogen-bond donors (Lipinski definition) is 2. The van der Waals surface area contributed by atoms with E-state index in [-0.39, 0.29) is 29.6 Å². The molecule has 1 fully saturated rings. The minimum absolute atomic E-state index is 0.210.